The number of hydrogen-bond donors (Lipinski definition) is 0. The van der Waals surface area contributed by atoms with E-state index >= 15 is 0 Å². The molecule has 7 nitrogen and oxygen atoms in total. The maximum Gasteiger partial charge on any atom is 0.315 e. The molecule has 1 unspecified atom stereocenters. The molecule has 32 heavy (non-hydrogen) atoms. The van der Waals surface area contributed by atoms with Crippen molar-refractivity contribution in [1.29, 1.82) is 0 Å². The monoisotopic (exact) mass is 560 g/mol. The second-order valence-electron chi connectivity index (χ2n) is 11.8. The van der Waals surface area contributed by atoms with Gasteiger partial charge in [0.2, 0.25) is 0 Å². The molecule has 0 rings (SSSR count). The smallest absolute Gasteiger partial charge is 0.315 e. The van der Waals surface area contributed by atoms with Gasteiger partial charge in [0.1, 0.15) is 0 Å². The van der Waals surface area contributed by atoms with Gasteiger partial charge in [-0.3, -0.25) is 0 Å². The van der Waals surface area contributed by atoms with Crippen molar-refractivity contribution >= 4 is 50.9 Å². The molecule has 0 aliphatic heterocycles. The van der Waals surface area contributed by atoms with Crippen LogP contribution in [0, 0.1) is 0 Å². The third-order valence-corrected chi connectivity index (χ3v) is 25.3. The zero-order valence-corrected chi connectivity index (χ0v) is 29.4. The minimum atomic E-state index is -2.50. The van der Waals surface area contributed by atoms with E-state index in [9.17, 15) is 0 Å². The summed E-state index contributed by atoms with van der Waals surface area (Å²) in [6, 6.07) is 0.881. The first-order valence-electron chi connectivity index (χ1n) is 11.7. The maximum absolute atomic E-state index is 6.81. The van der Waals surface area contributed by atoms with Crippen LogP contribution in [-0.2, 0) is 30.0 Å². The SMILES string of the molecule is COCCOCCC[Si](C)(O[Si](C)(C)C)O[Si](C)(C)O[Si](C)(C)O[Si](C)(C)O[Si](C)(C)C. The van der Waals surface area contributed by atoms with Crippen LogP contribution in [0.4, 0.5) is 0 Å². The van der Waals surface area contributed by atoms with Crippen molar-refractivity contribution in [1.82, 2.24) is 0 Å². The molecule has 0 aromatic heterocycles. The van der Waals surface area contributed by atoms with Crippen LogP contribution in [0.3, 0.4) is 0 Å². The van der Waals surface area contributed by atoms with Gasteiger partial charge in [0.15, 0.2) is 16.6 Å². The number of rotatable bonds is 17. The van der Waals surface area contributed by atoms with Crippen LogP contribution in [-0.4, -0.2) is 77.8 Å². The number of hydrogen-bond acceptors (Lipinski definition) is 7. The lowest BCUT2D eigenvalue weighted by Gasteiger charge is -2.43. The topological polar surface area (TPSA) is 64.6 Å². The van der Waals surface area contributed by atoms with E-state index in [-0.39, 0.29) is 0 Å². The predicted octanol–water partition coefficient (Wildman–Crippen LogP) is 5.97. The van der Waals surface area contributed by atoms with Crippen molar-refractivity contribution in [2.45, 2.75) is 97.6 Å². The van der Waals surface area contributed by atoms with Crippen LogP contribution in [0.5, 0.6) is 0 Å². The van der Waals surface area contributed by atoms with E-state index < -0.39 is 50.9 Å². The summed E-state index contributed by atoms with van der Waals surface area (Å²) in [5, 5.41) is 0. The average molecular weight is 561 g/mol. The van der Waals surface area contributed by atoms with Crippen molar-refractivity contribution in [3.63, 3.8) is 0 Å². The van der Waals surface area contributed by atoms with Gasteiger partial charge in [-0.2, -0.15) is 0 Å². The second kappa shape index (κ2) is 12.8. The van der Waals surface area contributed by atoms with E-state index in [1.807, 2.05) is 0 Å². The average Bonchev–Trinajstić information content (AvgIpc) is 2.42. The molecule has 194 valence electrons. The Kier molecular flexibility index (Phi) is 13.2. The molecule has 0 radical (unpaired) electrons. The first-order valence-corrected chi connectivity index (χ1v) is 29.5. The molecular weight excluding hydrogens is 509 g/mol. The third-order valence-electron chi connectivity index (χ3n) is 3.87. The predicted molar refractivity (Wildman–Crippen MR) is 148 cm³/mol. The summed E-state index contributed by atoms with van der Waals surface area (Å²) in [4.78, 5) is 0. The van der Waals surface area contributed by atoms with Crippen molar-refractivity contribution in [2.75, 3.05) is 26.9 Å². The van der Waals surface area contributed by atoms with Crippen LogP contribution in [0.15, 0.2) is 0 Å². The highest BCUT2D eigenvalue weighted by Gasteiger charge is 2.47. The number of methoxy groups -OCH3 is 1. The van der Waals surface area contributed by atoms with Crippen LogP contribution < -0.4 is 0 Å². The van der Waals surface area contributed by atoms with Gasteiger partial charge in [0.25, 0.3) is 0 Å². The highest BCUT2D eigenvalue weighted by molar-refractivity contribution is 6.91. The molecule has 0 amide bonds. The zero-order chi connectivity index (χ0) is 25.5. The van der Waals surface area contributed by atoms with E-state index in [0.29, 0.717) is 19.8 Å². The van der Waals surface area contributed by atoms with Crippen LogP contribution >= 0.6 is 0 Å². The summed E-state index contributed by atoms with van der Waals surface area (Å²) in [7, 11) is -11.5. The van der Waals surface area contributed by atoms with Crippen molar-refractivity contribution in [2.24, 2.45) is 0 Å². The highest BCUT2D eigenvalue weighted by Crippen LogP contribution is 2.29. The third kappa shape index (κ3) is 17.5. The lowest BCUT2D eigenvalue weighted by Crippen LogP contribution is -2.60. The van der Waals surface area contributed by atoms with Crippen LogP contribution in [0.2, 0.25) is 91.2 Å². The molecule has 0 aromatic carbocycles. The lowest BCUT2D eigenvalue weighted by molar-refractivity contribution is 0.0703. The zero-order valence-electron chi connectivity index (χ0n) is 23.4. The highest BCUT2D eigenvalue weighted by atomic mass is 28.5. The van der Waals surface area contributed by atoms with Gasteiger partial charge in [-0.05, 0) is 97.6 Å². The standard InChI is InChI=1S/C19H52O7Si6/c1-20-17-18-21-16-15-19-32(14,23-28(5,6)7)26-31(12,13)25-30(10,11)24-29(8,9)22-27(2,3)4/h15-19H2,1-14H3. The lowest BCUT2D eigenvalue weighted by atomic mass is 10.5. The van der Waals surface area contributed by atoms with Gasteiger partial charge in [0, 0.05) is 13.7 Å². The Balaban J connectivity index is 5.21. The van der Waals surface area contributed by atoms with E-state index in [1.54, 1.807) is 7.11 Å². The summed E-state index contributed by atoms with van der Waals surface area (Å²) < 4.78 is 43.8. The molecule has 1 atom stereocenters. The van der Waals surface area contributed by atoms with E-state index in [4.69, 9.17) is 30.0 Å². The molecule has 0 aromatic rings. The Morgan fingerprint density at radius 2 is 0.906 bits per heavy atom. The summed E-state index contributed by atoms with van der Waals surface area (Å²) in [5.74, 6) is 0. The fourth-order valence-corrected chi connectivity index (χ4v) is 32.5. The van der Waals surface area contributed by atoms with Crippen molar-refractivity contribution < 1.29 is 30.0 Å². The Bertz CT molecular complexity index is 549. The largest absolute Gasteiger partial charge is 0.437 e. The molecule has 0 N–H and O–H groups in total. The summed E-state index contributed by atoms with van der Waals surface area (Å²) >= 11 is 0. The normalized spacial score (nSPS) is 16.3. The van der Waals surface area contributed by atoms with E-state index in [2.05, 4.69) is 85.1 Å². The Morgan fingerprint density at radius 1 is 0.469 bits per heavy atom. The molecule has 0 heterocycles. The van der Waals surface area contributed by atoms with Crippen LogP contribution in [0.1, 0.15) is 6.42 Å². The van der Waals surface area contributed by atoms with Crippen molar-refractivity contribution in [3.05, 3.63) is 0 Å². The molecule has 13 heteroatoms. The summed E-state index contributed by atoms with van der Waals surface area (Å²) in [5.41, 5.74) is 0. The summed E-state index contributed by atoms with van der Waals surface area (Å²) in [6.07, 6.45) is 0.905. The van der Waals surface area contributed by atoms with E-state index in [0.717, 1.165) is 12.5 Å². The molecule has 0 saturated carbocycles. The van der Waals surface area contributed by atoms with Gasteiger partial charge >= 0.3 is 34.2 Å². The molecule has 0 fully saturated rings. The fraction of sp³-hybridized carbons (Fsp3) is 1.00. The molecule has 0 spiro atoms. The minimum absolute atomic E-state index is 0.615. The molecular formula is C19H52O7Si6. The first kappa shape index (κ1) is 33.0. The van der Waals surface area contributed by atoms with E-state index in [1.165, 1.54) is 0 Å². The molecule has 0 aliphatic carbocycles. The van der Waals surface area contributed by atoms with Crippen LogP contribution in [0.25, 0.3) is 0 Å². The minimum Gasteiger partial charge on any atom is -0.437 e. The Morgan fingerprint density at radius 3 is 1.34 bits per heavy atom. The quantitative estimate of drug-likeness (QED) is 0.160. The number of ether oxygens (including phenoxy) is 2. The van der Waals surface area contributed by atoms with Gasteiger partial charge in [-0.1, -0.05) is 0 Å². The van der Waals surface area contributed by atoms with Gasteiger partial charge < -0.3 is 30.0 Å². The van der Waals surface area contributed by atoms with Gasteiger partial charge in [-0.15, -0.1) is 0 Å². The van der Waals surface area contributed by atoms with Gasteiger partial charge in [-0.25, -0.2) is 0 Å². The second-order valence-corrected chi connectivity index (χ2v) is 35.5. The van der Waals surface area contributed by atoms with Gasteiger partial charge in [0.05, 0.1) is 13.2 Å². The Hall–Kier alpha value is 1.02. The molecule has 0 saturated heterocycles. The molecule has 0 aliphatic rings. The fourth-order valence-electron chi connectivity index (χ4n) is 4.01. The first-order chi connectivity index (χ1) is 14.1. The maximum atomic E-state index is 6.81. The summed E-state index contributed by atoms with van der Waals surface area (Å²) in [6.45, 7) is 30.0. The van der Waals surface area contributed by atoms with Crippen molar-refractivity contribution in [3.8, 4) is 0 Å². The Labute approximate surface area is 205 Å². The molecule has 0 bridgehead atoms.